The number of carbonyl (C=O) groups is 1. The van der Waals surface area contributed by atoms with Crippen LogP contribution in [0.4, 0.5) is 27.8 Å². The zero-order valence-electron chi connectivity index (χ0n) is 19.9. The number of rotatable bonds is 9. The standard InChI is InChI=1S/C24H20F5N7O3/c25-15-4-2-1-3-13(15)11-36-19(17-7-8-39-35-17)9-18(34-36)21-30-10-16(26)20(33-21)31-12-23(38,24(27,28)29)22(37)32-14-5-6-14/h1-4,7-10,14,38H,5-6,11-12H2,(H,32,37)(H,30,31,33). The molecule has 0 bridgehead atoms. The van der Waals surface area contributed by atoms with Gasteiger partial charge in [0.2, 0.25) is 0 Å². The molecule has 1 unspecified atom stereocenters. The normalized spacial score (nSPS) is 15.1. The summed E-state index contributed by atoms with van der Waals surface area (Å²) in [6.07, 6.45) is -2.35. The summed E-state index contributed by atoms with van der Waals surface area (Å²) in [5, 5.41) is 22.6. The zero-order chi connectivity index (χ0) is 27.8. The molecule has 3 heterocycles. The fourth-order valence-corrected chi connectivity index (χ4v) is 3.65. The predicted octanol–water partition coefficient (Wildman–Crippen LogP) is 3.31. The Labute approximate surface area is 216 Å². The molecule has 1 aliphatic carbocycles. The predicted molar refractivity (Wildman–Crippen MR) is 125 cm³/mol. The number of anilines is 1. The quantitative estimate of drug-likeness (QED) is 0.271. The molecule has 4 aromatic rings. The number of amides is 1. The van der Waals surface area contributed by atoms with Crippen LogP contribution in [0.5, 0.6) is 0 Å². The first-order valence-electron chi connectivity index (χ1n) is 11.6. The van der Waals surface area contributed by atoms with Gasteiger partial charge in [0, 0.05) is 17.7 Å². The van der Waals surface area contributed by atoms with Crippen molar-refractivity contribution in [3.05, 3.63) is 66.1 Å². The van der Waals surface area contributed by atoms with E-state index in [-0.39, 0.29) is 18.1 Å². The van der Waals surface area contributed by atoms with Crippen molar-refractivity contribution in [3.63, 3.8) is 0 Å². The summed E-state index contributed by atoms with van der Waals surface area (Å²) in [7, 11) is 0. The van der Waals surface area contributed by atoms with E-state index in [9.17, 15) is 31.9 Å². The molecule has 1 atom stereocenters. The third kappa shape index (κ3) is 5.43. The SMILES string of the molecule is O=C(NC1CC1)C(O)(CNc1nc(-c2cc(-c3ccon3)n(Cc3ccccc3F)n2)ncc1F)C(F)(F)F. The number of carbonyl (C=O) groups excluding carboxylic acids is 1. The van der Waals surface area contributed by atoms with Gasteiger partial charge in [0.15, 0.2) is 17.5 Å². The minimum absolute atomic E-state index is 0.0319. The molecule has 1 amide bonds. The average molecular weight is 549 g/mol. The largest absolute Gasteiger partial charge is 0.428 e. The first-order valence-corrected chi connectivity index (χ1v) is 11.6. The van der Waals surface area contributed by atoms with Gasteiger partial charge in [0.1, 0.15) is 23.5 Å². The van der Waals surface area contributed by atoms with Gasteiger partial charge in [0.25, 0.3) is 11.5 Å². The minimum atomic E-state index is -5.36. The lowest BCUT2D eigenvalue weighted by Gasteiger charge is -2.29. The topological polar surface area (TPSA) is 131 Å². The zero-order valence-corrected chi connectivity index (χ0v) is 19.9. The fraction of sp³-hybridized carbons (Fsp3) is 0.292. The number of hydrogen-bond acceptors (Lipinski definition) is 8. The van der Waals surface area contributed by atoms with Gasteiger partial charge in [-0.15, -0.1) is 0 Å². The van der Waals surface area contributed by atoms with E-state index in [1.807, 2.05) is 0 Å². The number of nitrogens with one attached hydrogen (secondary N) is 2. The number of alkyl halides is 3. The van der Waals surface area contributed by atoms with Crippen molar-refractivity contribution >= 4 is 11.7 Å². The minimum Gasteiger partial charge on any atom is -0.371 e. The van der Waals surface area contributed by atoms with Crippen LogP contribution in [0, 0.1) is 11.6 Å². The third-order valence-corrected chi connectivity index (χ3v) is 6.00. The number of halogens is 5. The Morgan fingerprint density at radius 1 is 1.13 bits per heavy atom. The maximum atomic E-state index is 14.5. The highest BCUT2D eigenvalue weighted by molar-refractivity contribution is 5.87. The highest BCUT2D eigenvalue weighted by Crippen LogP contribution is 2.33. The maximum Gasteiger partial charge on any atom is 0.428 e. The second-order valence-corrected chi connectivity index (χ2v) is 8.90. The van der Waals surface area contributed by atoms with Gasteiger partial charge in [-0.25, -0.2) is 18.7 Å². The summed E-state index contributed by atoms with van der Waals surface area (Å²) in [4.78, 5) is 20.0. The van der Waals surface area contributed by atoms with E-state index in [0.29, 0.717) is 36.0 Å². The van der Waals surface area contributed by atoms with E-state index in [1.165, 1.54) is 35.2 Å². The van der Waals surface area contributed by atoms with Crippen LogP contribution in [0.1, 0.15) is 18.4 Å². The van der Waals surface area contributed by atoms with Crippen molar-refractivity contribution < 1.29 is 36.4 Å². The molecule has 3 aromatic heterocycles. The molecule has 0 spiro atoms. The summed E-state index contributed by atoms with van der Waals surface area (Å²) in [5.41, 5.74) is -2.77. The average Bonchev–Trinajstić information content (AvgIpc) is 3.36. The molecule has 0 saturated heterocycles. The van der Waals surface area contributed by atoms with E-state index >= 15 is 0 Å². The summed E-state index contributed by atoms with van der Waals surface area (Å²) < 4.78 is 75.9. The molecule has 204 valence electrons. The number of nitrogens with zero attached hydrogens (tertiary/aromatic N) is 5. The summed E-state index contributed by atoms with van der Waals surface area (Å²) in [6, 6.07) is 8.55. The Kier molecular flexibility index (Phi) is 6.76. The van der Waals surface area contributed by atoms with Crippen LogP contribution in [0.3, 0.4) is 0 Å². The van der Waals surface area contributed by atoms with Crippen molar-refractivity contribution in [1.29, 1.82) is 0 Å². The van der Waals surface area contributed by atoms with Crippen molar-refractivity contribution in [2.45, 2.75) is 37.2 Å². The highest BCUT2D eigenvalue weighted by atomic mass is 19.4. The Morgan fingerprint density at radius 2 is 1.90 bits per heavy atom. The first kappa shape index (κ1) is 26.2. The van der Waals surface area contributed by atoms with Crippen LogP contribution < -0.4 is 10.6 Å². The van der Waals surface area contributed by atoms with Crippen molar-refractivity contribution in [2.24, 2.45) is 0 Å². The number of aromatic nitrogens is 5. The van der Waals surface area contributed by atoms with E-state index in [1.54, 1.807) is 12.1 Å². The van der Waals surface area contributed by atoms with Gasteiger partial charge in [-0.1, -0.05) is 23.4 Å². The van der Waals surface area contributed by atoms with Crippen LogP contribution >= 0.6 is 0 Å². The van der Waals surface area contributed by atoms with Gasteiger partial charge in [-0.3, -0.25) is 9.48 Å². The van der Waals surface area contributed by atoms with Gasteiger partial charge in [-0.05, 0) is 25.0 Å². The smallest absolute Gasteiger partial charge is 0.371 e. The molecule has 0 radical (unpaired) electrons. The molecule has 39 heavy (non-hydrogen) atoms. The van der Waals surface area contributed by atoms with Gasteiger partial charge >= 0.3 is 6.18 Å². The lowest BCUT2D eigenvalue weighted by Crippen LogP contribution is -2.61. The van der Waals surface area contributed by atoms with Crippen LogP contribution in [-0.4, -0.2) is 60.3 Å². The van der Waals surface area contributed by atoms with Crippen LogP contribution in [-0.2, 0) is 11.3 Å². The summed E-state index contributed by atoms with van der Waals surface area (Å²) in [5.74, 6) is -4.16. The number of aliphatic hydroxyl groups is 1. The molecule has 0 aliphatic heterocycles. The first-order chi connectivity index (χ1) is 18.5. The van der Waals surface area contributed by atoms with Crippen molar-refractivity contribution in [2.75, 3.05) is 11.9 Å². The molecular weight excluding hydrogens is 529 g/mol. The summed E-state index contributed by atoms with van der Waals surface area (Å²) >= 11 is 0. The molecule has 1 aromatic carbocycles. The van der Waals surface area contributed by atoms with E-state index < -0.39 is 47.7 Å². The molecule has 1 saturated carbocycles. The van der Waals surface area contributed by atoms with Crippen LogP contribution in [0.15, 0.2) is 53.4 Å². The van der Waals surface area contributed by atoms with Crippen LogP contribution in [0.25, 0.3) is 22.9 Å². The maximum absolute atomic E-state index is 14.5. The molecular formula is C24H20F5N7O3. The molecule has 3 N–H and O–H groups in total. The van der Waals surface area contributed by atoms with Crippen molar-refractivity contribution in [1.82, 2.24) is 30.2 Å². The molecule has 1 fully saturated rings. The van der Waals surface area contributed by atoms with E-state index in [4.69, 9.17) is 4.52 Å². The lowest BCUT2D eigenvalue weighted by atomic mass is 10.0. The molecule has 15 heteroatoms. The monoisotopic (exact) mass is 549 g/mol. The highest BCUT2D eigenvalue weighted by Gasteiger charge is 2.60. The van der Waals surface area contributed by atoms with E-state index in [0.717, 1.165) is 0 Å². The van der Waals surface area contributed by atoms with Crippen LogP contribution in [0.2, 0.25) is 0 Å². The molecule has 5 rings (SSSR count). The second kappa shape index (κ2) is 10.1. The van der Waals surface area contributed by atoms with Crippen molar-refractivity contribution in [3.8, 4) is 22.9 Å². The Balaban J connectivity index is 1.44. The number of benzene rings is 1. The molecule has 1 aliphatic rings. The van der Waals surface area contributed by atoms with E-state index in [2.05, 4.69) is 30.9 Å². The molecule has 10 nitrogen and oxygen atoms in total. The van der Waals surface area contributed by atoms with Gasteiger partial charge < -0.3 is 20.3 Å². The Hall–Kier alpha value is -4.40. The van der Waals surface area contributed by atoms with Gasteiger partial charge in [-0.2, -0.15) is 18.3 Å². The number of hydrogen-bond donors (Lipinski definition) is 3. The fourth-order valence-electron chi connectivity index (χ4n) is 3.65. The summed E-state index contributed by atoms with van der Waals surface area (Å²) in [6.45, 7) is -1.44. The Morgan fingerprint density at radius 3 is 2.56 bits per heavy atom. The second-order valence-electron chi connectivity index (χ2n) is 8.90. The van der Waals surface area contributed by atoms with Gasteiger partial charge in [0.05, 0.1) is 25.0 Å². The third-order valence-electron chi connectivity index (χ3n) is 6.00. The lowest BCUT2D eigenvalue weighted by molar-refractivity contribution is -0.246. The Bertz CT molecular complexity index is 1490.